The summed E-state index contributed by atoms with van der Waals surface area (Å²) in [5, 5.41) is 10.8. The molecule has 0 aliphatic carbocycles. The monoisotopic (exact) mass is 296 g/mol. The van der Waals surface area contributed by atoms with Crippen LogP contribution in [0.1, 0.15) is 21.7 Å². The minimum atomic E-state index is -0.321. The molecule has 112 valence electrons. The molecule has 6 heteroatoms. The van der Waals surface area contributed by atoms with Gasteiger partial charge in [-0.3, -0.25) is 9.48 Å². The van der Waals surface area contributed by atoms with Crippen molar-refractivity contribution >= 4 is 11.6 Å². The number of rotatable bonds is 3. The Labute approximate surface area is 127 Å². The molecule has 0 spiro atoms. The number of nitrogens with zero attached hydrogens (tertiary/aromatic N) is 3. The molecule has 0 saturated carbocycles. The lowest BCUT2D eigenvalue weighted by Gasteiger charge is -1.99. The normalized spacial score (nSPS) is 10.7. The van der Waals surface area contributed by atoms with Gasteiger partial charge in [-0.2, -0.15) is 5.10 Å². The van der Waals surface area contributed by atoms with Gasteiger partial charge in [0.15, 0.2) is 11.5 Å². The molecule has 2 aromatic heterocycles. The highest BCUT2D eigenvalue weighted by Gasteiger charge is 2.15. The zero-order valence-corrected chi connectivity index (χ0v) is 12.6. The maximum atomic E-state index is 12.2. The van der Waals surface area contributed by atoms with Gasteiger partial charge in [0.05, 0.1) is 11.4 Å². The largest absolute Gasteiger partial charge is 0.355 e. The van der Waals surface area contributed by atoms with E-state index in [0.29, 0.717) is 11.4 Å². The van der Waals surface area contributed by atoms with E-state index in [9.17, 15) is 4.79 Å². The summed E-state index contributed by atoms with van der Waals surface area (Å²) in [6.45, 7) is 3.84. The van der Waals surface area contributed by atoms with Crippen LogP contribution in [0.5, 0.6) is 0 Å². The van der Waals surface area contributed by atoms with Gasteiger partial charge in [0, 0.05) is 24.9 Å². The molecular weight excluding hydrogens is 280 g/mol. The second-order valence-electron chi connectivity index (χ2n) is 5.20. The van der Waals surface area contributed by atoms with Crippen LogP contribution in [0.2, 0.25) is 0 Å². The maximum Gasteiger partial charge on any atom is 0.277 e. The molecule has 0 bridgehead atoms. The van der Waals surface area contributed by atoms with Crippen molar-refractivity contribution in [2.75, 3.05) is 5.32 Å². The number of carbonyl (C=O) groups excluding carboxylic acids is 1. The first-order valence-electron chi connectivity index (χ1n) is 6.88. The van der Waals surface area contributed by atoms with E-state index in [1.165, 1.54) is 0 Å². The predicted molar refractivity (Wildman–Crippen MR) is 82.6 cm³/mol. The number of amides is 1. The first-order chi connectivity index (χ1) is 10.5. The van der Waals surface area contributed by atoms with Gasteiger partial charge in [-0.1, -0.05) is 35.0 Å². The quantitative estimate of drug-likeness (QED) is 0.806. The molecule has 3 rings (SSSR count). The van der Waals surface area contributed by atoms with Crippen LogP contribution in [0.15, 0.2) is 41.1 Å². The predicted octanol–water partition coefficient (Wildman–Crippen LogP) is 2.94. The number of aromatic nitrogens is 3. The van der Waals surface area contributed by atoms with Crippen LogP contribution in [0.3, 0.4) is 0 Å². The zero-order chi connectivity index (χ0) is 15.7. The molecule has 1 amide bonds. The van der Waals surface area contributed by atoms with Crippen LogP contribution in [0.25, 0.3) is 11.3 Å². The standard InChI is InChI=1S/C16H16N4O2/c1-10-4-6-12(7-5-10)15-8-13(19-22-15)16(21)17-14-9-20(3)18-11(14)2/h4-9H,1-3H3,(H,17,21). The van der Waals surface area contributed by atoms with Crippen LogP contribution in [0, 0.1) is 13.8 Å². The Balaban J connectivity index is 1.79. The number of anilines is 1. The molecule has 6 nitrogen and oxygen atoms in total. The van der Waals surface area contributed by atoms with E-state index in [-0.39, 0.29) is 11.6 Å². The Morgan fingerprint density at radius 1 is 1.23 bits per heavy atom. The summed E-state index contributed by atoms with van der Waals surface area (Å²) in [5.74, 6) is 0.242. The molecule has 0 fully saturated rings. The molecule has 0 unspecified atom stereocenters. The Bertz CT molecular complexity index is 815. The lowest BCUT2D eigenvalue weighted by atomic mass is 10.1. The molecule has 2 heterocycles. The zero-order valence-electron chi connectivity index (χ0n) is 12.6. The van der Waals surface area contributed by atoms with Gasteiger partial charge in [-0.05, 0) is 13.8 Å². The molecule has 0 radical (unpaired) electrons. The van der Waals surface area contributed by atoms with Crippen LogP contribution in [-0.4, -0.2) is 20.8 Å². The van der Waals surface area contributed by atoms with Crippen molar-refractivity contribution in [3.05, 3.63) is 53.5 Å². The summed E-state index contributed by atoms with van der Waals surface area (Å²) < 4.78 is 6.90. The summed E-state index contributed by atoms with van der Waals surface area (Å²) in [4.78, 5) is 12.2. The van der Waals surface area contributed by atoms with Crippen molar-refractivity contribution in [1.29, 1.82) is 0 Å². The van der Waals surface area contributed by atoms with Crippen molar-refractivity contribution in [2.24, 2.45) is 7.05 Å². The van der Waals surface area contributed by atoms with E-state index in [0.717, 1.165) is 16.8 Å². The number of hydrogen-bond donors (Lipinski definition) is 1. The molecule has 0 atom stereocenters. The van der Waals surface area contributed by atoms with Crippen molar-refractivity contribution in [1.82, 2.24) is 14.9 Å². The van der Waals surface area contributed by atoms with Crippen LogP contribution >= 0.6 is 0 Å². The fraction of sp³-hybridized carbons (Fsp3) is 0.188. The molecule has 1 aromatic carbocycles. The van der Waals surface area contributed by atoms with Crippen molar-refractivity contribution in [2.45, 2.75) is 13.8 Å². The van der Waals surface area contributed by atoms with E-state index < -0.39 is 0 Å². The molecule has 0 saturated heterocycles. The van der Waals surface area contributed by atoms with Gasteiger partial charge < -0.3 is 9.84 Å². The minimum Gasteiger partial charge on any atom is -0.355 e. The fourth-order valence-corrected chi connectivity index (χ4v) is 2.14. The average molecular weight is 296 g/mol. The van der Waals surface area contributed by atoms with E-state index >= 15 is 0 Å². The molecule has 3 aromatic rings. The fourth-order valence-electron chi connectivity index (χ4n) is 2.14. The second kappa shape index (κ2) is 5.48. The summed E-state index contributed by atoms with van der Waals surface area (Å²) >= 11 is 0. The SMILES string of the molecule is Cc1ccc(-c2cc(C(=O)Nc3cn(C)nc3C)no2)cc1. The molecule has 0 aliphatic rings. The average Bonchev–Trinajstić information content (AvgIpc) is 3.07. The van der Waals surface area contributed by atoms with Crippen LogP contribution in [-0.2, 0) is 7.05 Å². The highest BCUT2D eigenvalue weighted by atomic mass is 16.5. The van der Waals surface area contributed by atoms with Crippen molar-refractivity contribution < 1.29 is 9.32 Å². The van der Waals surface area contributed by atoms with E-state index in [1.54, 1.807) is 24.0 Å². The van der Waals surface area contributed by atoms with Gasteiger partial charge in [0.2, 0.25) is 0 Å². The van der Waals surface area contributed by atoms with Gasteiger partial charge in [-0.25, -0.2) is 0 Å². The third-order valence-corrected chi connectivity index (χ3v) is 3.34. The van der Waals surface area contributed by atoms with Crippen LogP contribution in [0.4, 0.5) is 5.69 Å². The number of aryl methyl sites for hydroxylation is 3. The lowest BCUT2D eigenvalue weighted by molar-refractivity contribution is 0.101. The Morgan fingerprint density at radius 3 is 2.59 bits per heavy atom. The third kappa shape index (κ3) is 2.76. The minimum absolute atomic E-state index is 0.235. The summed E-state index contributed by atoms with van der Waals surface area (Å²) in [6, 6.07) is 9.46. The number of hydrogen-bond acceptors (Lipinski definition) is 4. The van der Waals surface area contributed by atoms with Gasteiger partial charge >= 0.3 is 0 Å². The van der Waals surface area contributed by atoms with Gasteiger partial charge in [0.25, 0.3) is 5.91 Å². The summed E-state index contributed by atoms with van der Waals surface area (Å²) in [7, 11) is 1.80. The van der Waals surface area contributed by atoms with E-state index in [1.807, 2.05) is 38.1 Å². The lowest BCUT2D eigenvalue weighted by Crippen LogP contribution is -2.12. The Kier molecular flexibility index (Phi) is 3.50. The summed E-state index contributed by atoms with van der Waals surface area (Å²) in [5.41, 5.74) is 3.69. The maximum absolute atomic E-state index is 12.2. The molecular formula is C16H16N4O2. The first-order valence-corrected chi connectivity index (χ1v) is 6.88. The van der Waals surface area contributed by atoms with Gasteiger partial charge in [-0.15, -0.1) is 0 Å². The number of benzene rings is 1. The second-order valence-corrected chi connectivity index (χ2v) is 5.20. The molecule has 0 aliphatic heterocycles. The topological polar surface area (TPSA) is 73.0 Å². The Morgan fingerprint density at radius 2 is 1.95 bits per heavy atom. The smallest absolute Gasteiger partial charge is 0.277 e. The van der Waals surface area contributed by atoms with E-state index in [4.69, 9.17) is 4.52 Å². The molecule has 22 heavy (non-hydrogen) atoms. The van der Waals surface area contributed by atoms with Crippen LogP contribution < -0.4 is 5.32 Å². The highest BCUT2D eigenvalue weighted by molar-refractivity contribution is 6.03. The van der Waals surface area contributed by atoms with E-state index in [2.05, 4.69) is 15.6 Å². The number of carbonyl (C=O) groups is 1. The summed E-state index contributed by atoms with van der Waals surface area (Å²) in [6.07, 6.45) is 1.74. The van der Waals surface area contributed by atoms with Crippen molar-refractivity contribution in [3.63, 3.8) is 0 Å². The third-order valence-electron chi connectivity index (χ3n) is 3.34. The van der Waals surface area contributed by atoms with Gasteiger partial charge in [0.1, 0.15) is 0 Å². The Hall–Kier alpha value is -2.89. The first kappa shape index (κ1) is 14.1. The van der Waals surface area contributed by atoms with Crippen molar-refractivity contribution in [3.8, 4) is 11.3 Å². The highest BCUT2D eigenvalue weighted by Crippen LogP contribution is 2.21. The number of nitrogens with one attached hydrogen (secondary N) is 1. The molecule has 1 N–H and O–H groups in total.